The van der Waals surface area contributed by atoms with Crippen LogP contribution in [0.3, 0.4) is 0 Å². The Bertz CT molecular complexity index is 421. The lowest BCUT2D eigenvalue weighted by molar-refractivity contribution is 0.388. The van der Waals surface area contributed by atoms with Gasteiger partial charge in [-0.25, -0.2) is 4.79 Å². The Morgan fingerprint density at radius 1 is 1.33 bits per heavy atom. The van der Waals surface area contributed by atoms with Crippen molar-refractivity contribution in [3.63, 3.8) is 0 Å². The monoisotopic (exact) mass is 164 g/mol. The molecule has 1 heterocycles. The molecule has 4 nitrogen and oxygen atoms in total. The van der Waals surface area contributed by atoms with Crippen molar-refractivity contribution in [3.8, 4) is 11.4 Å². The van der Waals surface area contributed by atoms with Crippen LogP contribution in [0.1, 0.15) is 1.43 Å². The number of hydrogen-bond donors (Lipinski definition) is 1. The molecule has 4 heteroatoms. The lowest BCUT2D eigenvalue weighted by Crippen LogP contribution is -1.94. The molecule has 0 aliphatic carbocycles. The van der Waals surface area contributed by atoms with Gasteiger partial charge in [-0.2, -0.15) is 0 Å². The highest BCUT2D eigenvalue weighted by Crippen LogP contribution is 2.10. The van der Waals surface area contributed by atoms with Crippen molar-refractivity contribution in [2.45, 2.75) is 0 Å². The highest BCUT2D eigenvalue weighted by molar-refractivity contribution is 5.52. The molecule has 0 spiro atoms. The van der Waals surface area contributed by atoms with Crippen molar-refractivity contribution in [1.29, 1.82) is 0 Å². The third kappa shape index (κ3) is 1.14. The first kappa shape index (κ1) is 6.84. The van der Waals surface area contributed by atoms with E-state index in [1.54, 1.807) is 0 Å². The Kier molecular flexibility index (Phi) is 1.51. The van der Waals surface area contributed by atoms with Gasteiger partial charge in [0.15, 0.2) is 5.82 Å². The number of hydrogen-bond acceptors (Lipinski definition) is 3. The second kappa shape index (κ2) is 2.65. The molecule has 0 saturated carbocycles. The fourth-order valence-corrected chi connectivity index (χ4v) is 0.950. The molecular formula is C8H8N2O2. The number of rotatable bonds is 1. The summed E-state index contributed by atoms with van der Waals surface area (Å²) in [5, 5.41) is 3.54. The van der Waals surface area contributed by atoms with Gasteiger partial charge in [-0.15, -0.1) is 0 Å². The Labute approximate surface area is 69.3 Å². The van der Waals surface area contributed by atoms with Gasteiger partial charge in [0.1, 0.15) is 0 Å². The van der Waals surface area contributed by atoms with Crippen molar-refractivity contribution in [2.75, 3.05) is 0 Å². The summed E-state index contributed by atoms with van der Waals surface area (Å²) >= 11 is 0. The highest BCUT2D eigenvalue weighted by Gasteiger charge is 2.00. The van der Waals surface area contributed by atoms with E-state index in [0.29, 0.717) is 5.82 Å². The molecule has 1 aromatic heterocycles. The van der Waals surface area contributed by atoms with E-state index >= 15 is 0 Å². The predicted octanol–water partition coefficient (Wildman–Crippen LogP) is 1.28. The van der Waals surface area contributed by atoms with Gasteiger partial charge >= 0.3 is 5.76 Å². The summed E-state index contributed by atoms with van der Waals surface area (Å²) in [4.78, 5) is 13.0. The highest BCUT2D eigenvalue weighted by atomic mass is 16.5. The maximum atomic E-state index is 10.6. The molecule has 0 bridgehead atoms. The van der Waals surface area contributed by atoms with Crippen molar-refractivity contribution in [1.82, 2.24) is 10.1 Å². The second-order valence-electron chi connectivity index (χ2n) is 2.31. The quantitative estimate of drug-likeness (QED) is 0.690. The largest absolute Gasteiger partial charge is 0.439 e. The molecule has 12 heavy (non-hydrogen) atoms. The van der Waals surface area contributed by atoms with Crippen molar-refractivity contribution < 1.29 is 5.95 Å². The minimum atomic E-state index is -0.533. The topological polar surface area (TPSA) is 58.9 Å². The first-order valence-electron chi connectivity index (χ1n) is 3.48. The minimum absolute atomic E-state index is 0. The predicted molar refractivity (Wildman–Crippen MR) is 44.7 cm³/mol. The molecule has 1 aromatic carbocycles. The molecule has 62 valence electrons. The average Bonchev–Trinajstić information content (AvgIpc) is 2.54. The van der Waals surface area contributed by atoms with E-state index in [2.05, 4.69) is 14.7 Å². The van der Waals surface area contributed by atoms with E-state index in [9.17, 15) is 4.79 Å². The van der Waals surface area contributed by atoms with Gasteiger partial charge in [0.05, 0.1) is 0 Å². The van der Waals surface area contributed by atoms with Crippen molar-refractivity contribution in [3.05, 3.63) is 40.9 Å². The van der Waals surface area contributed by atoms with Crippen LogP contribution in [0.25, 0.3) is 11.4 Å². The third-order valence-corrected chi connectivity index (χ3v) is 1.49. The minimum Gasteiger partial charge on any atom is -0.296 e. The van der Waals surface area contributed by atoms with E-state index < -0.39 is 5.76 Å². The number of aromatic amines is 1. The molecule has 0 radical (unpaired) electrons. The van der Waals surface area contributed by atoms with Gasteiger partial charge in [0.25, 0.3) is 0 Å². The first-order chi connectivity index (χ1) is 5.86. The summed E-state index contributed by atoms with van der Waals surface area (Å²) in [7, 11) is 0. The zero-order valence-corrected chi connectivity index (χ0v) is 6.15. The molecule has 0 aliphatic rings. The lowest BCUT2D eigenvalue weighted by atomic mass is 10.2. The summed E-state index contributed by atoms with van der Waals surface area (Å²) in [5.74, 6) is -0.0746. The van der Waals surface area contributed by atoms with Gasteiger partial charge in [-0.3, -0.25) is 9.51 Å². The van der Waals surface area contributed by atoms with Crippen LogP contribution in [-0.4, -0.2) is 10.1 Å². The van der Waals surface area contributed by atoms with Crippen LogP contribution in [0.4, 0.5) is 0 Å². The molecule has 0 aliphatic heterocycles. The fraction of sp³-hybridized carbons (Fsp3) is 0. The van der Waals surface area contributed by atoms with Crippen LogP contribution in [0.5, 0.6) is 0 Å². The molecule has 1 N–H and O–H groups in total. The zero-order chi connectivity index (χ0) is 8.39. The third-order valence-electron chi connectivity index (χ3n) is 1.49. The second-order valence-corrected chi connectivity index (χ2v) is 2.31. The summed E-state index contributed by atoms with van der Waals surface area (Å²) < 4.78 is 4.36. The van der Waals surface area contributed by atoms with Crippen LogP contribution in [0.2, 0.25) is 0 Å². The van der Waals surface area contributed by atoms with Gasteiger partial charge in [0.2, 0.25) is 0 Å². The number of nitrogens with one attached hydrogen (secondary N) is 1. The van der Waals surface area contributed by atoms with E-state index in [1.807, 2.05) is 30.3 Å². The molecule has 2 aromatic rings. The van der Waals surface area contributed by atoms with Crippen molar-refractivity contribution in [2.24, 2.45) is 0 Å². The average molecular weight is 164 g/mol. The molecule has 0 saturated heterocycles. The van der Waals surface area contributed by atoms with E-state index in [4.69, 9.17) is 0 Å². The Balaban J connectivity index is 0.000000845. The van der Waals surface area contributed by atoms with Crippen LogP contribution in [0, 0.1) is 0 Å². The van der Waals surface area contributed by atoms with Gasteiger partial charge in [-0.1, -0.05) is 35.5 Å². The Morgan fingerprint density at radius 3 is 2.67 bits per heavy atom. The normalized spacial score (nSPS) is 10.0. The van der Waals surface area contributed by atoms with Crippen molar-refractivity contribution >= 4 is 0 Å². The summed E-state index contributed by atoms with van der Waals surface area (Å²) in [6, 6.07) is 9.30. The molecular weight excluding hydrogens is 156 g/mol. The van der Waals surface area contributed by atoms with Gasteiger partial charge in [-0.05, 0) is 0 Å². The van der Waals surface area contributed by atoms with E-state index in [0.717, 1.165) is 5.56 Å². The zero-order valence-electron chi connectivity index (χ0n) is 6.15. The Morgan fingerprint density at radius 2 is 2.08 bits per heavy atom. The lowest BCUT2D eigenvalue weighted by Gasteiger charge is -1.90. The fourth-order valence-electron chi connectivity index (χ4n) is 0.950. The number of nitrogens with zero attached hydrogens (tertiary/aromatic N) is 1. The van der Waals surface area contributed by atoms with Gasteiger partial charge in [0, 0.05) is 6.99 Å². The van der Waals surface area contributed by atoms with E-state index in [1.165, 1.54) is 0 Å². The summed E-state index contributed by atoms with van der Waals surface area (Å²) in [5.41, 5.74) is 0.836. The number of aromatic nitrogens is 2. The SMILES string of the molecule is O=c1[nH]c(-c2ccccc2)no1.[HH]. The molecule has 0 atom stereocenters. The number of benzene rings is 1. The molecule has 0 fully saturated rings. The maximum absolute atomic E-state index is 10.6. The van der Waals surface area contributed by atoms with Crippen LogP contribution < -0.4 is 5.76 Å². The van der Waals surface area contributed by atoms with Crippen LogP contribution >= 0.6 is 0 Å². The molecule has 2 rings (SSSR count). The maximum Gasteiger partial charge on any atom is 0.439 e. The molecule has 0 unspecified atom stereocenters. The number of H-pyrrole nitrogens is 1. The standard InChI is InChI=1S/C8H6N2O2.H2/c11-8-9-7(10-12-8)6-4-2-1-3-5-6;/h1-5H,(H,9,10,11);1H. The van der Waals surface area contributed by atoms with Crippen LogP contribution in [0.15, 0.2) is 39.6 Å². The summed E-state index contributed by atoms with van der Waals surface area (Å²) in [6.45, 7) is 0. The summed E-state index contributed by atoms with van der Waals surface area (Å²) in [6.07, 6.45) is 0. The smallest absolute Gasteiger partial charge is 0.296 e. The van der Waals surface area contributed by atoms with Crippen LogP contribution in [-0.2, 0) is 0 Å². The Hall–Kier alpha value is -1.84. The molecule has 0 amide bonds. The van der Waals surface area contributed by atoms with Gasteiger partial charge < -0.3 is 0 Å². The van der Waals surface area contributed by atoms with E-state index in [-0.39, 0.29) is 1.43 Å². The first-order valence-corrected chi connectivity index (χ1v) is 3.48.